The van der Waals surface area contributed by atoms with Crippen molar-refractivity contribution in [2.45, 2.75) is 61.5 Å². The number of carbonyl (C=O) groups is 5. The molecule has 1 amide bonds. The number of halogens is 6. The number of alkyl halides is 6. The summed E-state index contributed by atoms with van der Waals surface area (Å²) in [7, 11) is 0. The van der Waals surface area contributed by atoms with Gasteiger partial charge in [0, 0.05) is 59.9 Å². The van der Waals surface area contributed by atoms with E-state index in [1.165, 1.54) is 6.20 Å². The molecule has 2 unspecified atom stereocenters. The van der Waals surface area contributed by atoms with Crippen molar-refractivity contribution < 1.29 is 74.0 Å². The number of fused-ring (bicyclic) bond motifs is 2. The quantitative estimate of drug-likeness (QED) is 0.155. The van der Waals surface area contributed by atoms with Gasteiger partial charge in [-0.15, -0.1) is 0 Å². The molecule has 2 saturated heterocycles. The molecule has 1 aromatic heterocycles. The first-order valence-corrected chi connectivity index (χ1v) is 18.1. The highest BCUT2D eigenvalue weighted by molar-refractivity contribution is 7.80. The van der Waals surface area contributed by atoms with Crippen LogP contribution in [0.2, 0.25) is 0 Å². The van der Waals surface area contributed by atoms with Crippen molar-refractivity contribution in [3.63, 3.8) is 0 Å². The van der Waals surface area contributed by atoms with E-state index in [1.54, 1.807) is 36.1 Å². The van der Waals surface area contributed by atoms with Gasteiger partial charge in [-0.1, -0.05) is 25.1 Å². The summed E-state index contributed by atoms with van der Waals surface area (Å²) in [5, 5.41) is -0.325. The smallest absolute Gasteiger partial charge is 0.416 e. The summed E-state index contributed by atoms with van der Waals surface area (Å²) >= 11 is 4.65. The molecule has 2 bridgehead atoms. The second-order valence-corrected chi connectivity index (χ2v) is 14.1. The van der Waals surface area contributed by atoms with Crippen LogP contribution in [0.15, 0.2) is 73.0 Å². The van der Waals surface area contributed by atoms with Gasteiger partial charge in [0.25, 0.3) is 11.6 Å². The summed E-state index contributed by atoms with van der Waals surface area (Å²) in [5.74, 6) is -10.3. The minimum absolute atomic E-state index is 0.0128. The van der Waals surface area contributed by atoms with Crippen LogP contribution in [0.25, 0.3) is 10.9 Å². The molecule has 21 heteroatoms. The molecule has 3 aromatic rings. The zero-order chi connectivity index (χ0) is 41.8. The fraction of sp³-hybridized carbons (Fsp3) is 0.378. The van der Waals surface area contributed by atoms with Crippen molar-refractivity contribution in [3.05, 3.63) is 95.2 Å². The van der Waals surface area contributed by atoms with Crippen LogP contribution in [0, 0.1) is 0 Å². The summed E-state index contributed by atoms with van der Waals surface area (Å²) in [6.45, 7) is 0.933. The Labute approximate surface area is 329 Å². The highest BCUT2D eigenvalue weighted by atomic mass is 32.1. The number of hydrogen-bond acceptors (Lipinski definition) is 13. The largest absolute Gasteiger partial charge is 0.441 e. The predicted molar refractivity (Wildman–Crippen MR) is 188 cm³/mol. The Morgan fingerprint density at radius 3 is 2.10 bits per heavy atom. The van der Waals surface area contributed by atoms with Gasteiger partial charge in [-0.2, -0.15) is 43.9 Å². The van der Waals surface area contributed by atoms with Crippen LogP contribution in [0.3, 0.4) is 0 Å². The summed E-state index contributed by atoms with van der Waals surface area (Å²) in [5.41, 5.74) is -7.33. The van der Waals surface area contributed by atoms with Crippen molar-refractivity contribution in [3.8, 4) is 0 Å². The normalized spacial score (nSPS) is 27.7. The molecule has 4 aliphatic heterocycles. The fourth-order valence-corrected chi connectivity index (χ4v) is 8.00. The lowest BCUT2D eigenvalue weighted by atomic mass is 9.89. The van der Waals surface area contributed by atoms with E-state index < -0.39 is 101 Å². The third kappa shape index (κ3) is 7.30. The monoisotopic (exact) mass is 838 g/mol. The van der Waals surface area contributed by atoms with E-state index in [4.69, 9.17) is 23.7 Å². The number of thiol groups is 1. The number of nitrogens with zero attached hydrogens (tertiary/aromatic N) is 3. The molecule has 2 aromatic carbocycles. The van der Waals surface area contributed by atoms with E-state index in [9.17, 15) is 45.5 Å². The van der Waals surface area contributed by atoms with Gasteiger partial charge in [0.2, 0.25) is 0 Å². The van der Waals surface area contributed by atoms with Crippen LogP contribution in [-0.4, -0.2) is 105 Å². The van der Waals surface area contributed by atoms with E-state index >= 15 is 4.79 Å². The van der Waals surface area contributed by atoms with Crippen LogP contribution in [-0.2, 0) is 61.6 Å². The first-order chi connectivity index (χ1) is 27.4. The molecule has 0 radical (unpaired) electrons. The number of ether oxygens (including phenoxy) is 5. The van der Waals surface area contributed by atoms with Crippen molar-refractivity contribution in [2.24, 2.45) is 0 Å². The average molecular weight is 839 g/mol. The molecule has 0 saturated carbocycles. The third-order valence-electron chi connectivity index (χ3n) is 10.0. The summed E-state index contributed by atoms with van der Waals surface area (Å²) < 4.78 is 115. The number of rotatable bonds is 6. The number of amides is 1. The molecule has 1 spiro atoms. The van der Waals surface area contributed by atoms with Crippen LogP contribution in [0.5, 0.6) is 0 Å². The number of aromatic amines is 1. The minimum Gasteiger partial charge on any atom is -0.441 e. The van der Waals surface area contributed by atoms with Gasteiger partial charge in [-0.3, -0.25) is 14.6 Å². The topological polar surface area (TPSA) is 157 Å². The first kappa shape index (κ1) is 40.8. The number of nitrogens with one attached hydrogen (secondary N) is 1. The van der Waals surface area contributed by atoms with Gasteiger partial charge in [0.15, 0.2) is 6.23 Å². The Morgan fingerprint density at radius 1 is 0.897 bits per heavy atom. The van der Waals surface area contributed by atoms with Gasteiger partial charge in [-0.05, 0) is 36.2 Å². The van der Waals surface area contributed by atoms with Gasteiger partial charge in [-0.25, -0.2) is 19.2 Å². The van der Waals surface area contributed by atoms with Crippen LogP contribution >= 0.6 is 12.6 Å². The predicted octanol–water partition coefficient (Wildman–Crippen LogP) is 4.52. The number of esters is 4. The van der Waals surface area contributed by atoms with E-state index in [0.717, 1.165) is 4.90 Å². The average Bonchev–Trinajstić information content (AvgIpc) is 3.58. The maximum absolute atomic E-state index is 15.1. The second-order valence-electron chi connectivity index (χ2n) is 13.5. The van der Waals surface area contributed by atoms with Crippen LogP contribution < -0.4 is 0 Å². The van der Waals surface area contributed by atoms with Crippen molar-refractivity contribution in [2.75, 3.05) is 26.3 Å². The Kier molecular flexibility index (Phi) is 10.6. The standard InChI is InChI=1S/C37H32F6N4O10S/c1-2-26(45-11-12-53-19-28(45)58)47-27-18-46(33(52)20-13-22(35(38,39)40)15-23(14-20)36(41,42)43)34(16-21-17-44-25-6-4-3-5-24(21)25)37(47,56-31(50)8-7-29(48)54-27)57-32(51)10-9-30(49)55-34/h3-10,13-15,17,26-28,44,58H,2,11-12,16,18-19H2,1H3/b8-7-,10-9-/t26-,27?,28+,34+,37?/m0/s1. The number of hydrogen-bond donors (Lipinski definition) is 2. The Balaban J connectivity index is 1.58. The number of H-pyrrole nitrogens is 1. The van der Waals surface area contributed by atoms with Gasteiger partial charge in [0.05, 0.1) is 42.4 Å². The number of benzene rings is 2. The fourth-order valence-electron chi connectivity index (χ4n) is 7.63. The molecule has 1 N–H and O–H groups in total. The zero-order valence-corrected chi connectivity index (χ0v) is 30.9. The molecule has 58 heavy (non-hydrogen) atoms. The molecule has 5 heterocycles. The Morgan fingerprint density at radius 2 is 1.50 bits per heavy atom. The SMILES string of the molecule is CC[C@@H](N1CCOC[C@H]1S)N1C2CN(C(=O)c3cc(C(F)(F)F)cc(C(F)(F)F)c3)[C@]3(Cc4c[nH]c5ccccc45)OC(=O)/C=C\C(=O)OC13OC(=O)/C=C\C(=O)O2. The van der Waals surface area contributed by atoms with Gasteiger partial charge < -0.3 is 28.7 Å². The maximum atomic E-state index is 15.1. The van der Waals surface area contributed by atoms with E-state index in [-0.39, 0.29) is 49.9 Å². The molecule has 5 atom stereocenters. The Bertz CT molecular complexity index is 2200. The van der Waals surface area contributed by atoms with E-state index in [2.05, 4.69) is 17.6 Å². The van der Waals surface area contributed by atoms with Gasteiger partial charge >= 0.3 is 42.1 Å². The van der Waals surface area contributed by atoms with Crippen LogP contribution in [0.1, 0.15) is 40.4 Å². The third-order valence-corrected chi connectivity index (χ3v) is 10.5. The van der Waals surface area contributed by atoms with Crippen molar-refractivity contribution in [1.82, 2.24) is 19.7 Å². The molecule has 7 rings (SSSR count). The summed E-state index contributed by atoms with van der Waals surface area (Å²) in [6.07, 6.45) is -10.8. The zero-order valence-electron chi connectivity index (χ0n) is 30.0. The summed E-state index contributed by atoms with van der Waals surface area (Å²) in [4.78, 5) is 76.2. The maximum Gasteiger partial charge on any atom is 0.416 e. The molecule has 2 fully saturated rings. The lowest BCUT2D eigenvalue weighted by Crippen LogP contribution is -2.85. The molecule has 4 aliphatic rings. The van der Waals surface area contributed by atoms with Crippen molar-refractivity contribution in [1.29, 1.82) is 0 Å². The Hall–Kier alpha value is -5.38. The number of piperazine rings is 1. The van der Waals surface area contributed by atoms with E-state index in [1.807, 2.05) is 0 Å². The first-order valence-electron chi connectivity index (χ1n) is 17.6. The lowest BCUT2D eigenvalue weighted by Gasteiger charge is -2.62. The highest BCUT2D eigenvalue weighted by Crippen LogP contribution is 2.50. The van der Waals surface area contributed by atoms with Crippen molar-refractivity contribution >= 4 is 53.3 Å². The number of carbonyl (C=O) groups excluding carboxylic acids is 5. The minimum atomic E-state index is -5.40. The number of para-hydroxylation sites is 1. The molecule has 14 nitrogen and oxygen atoms in total. The van der Waals surface area contributed by atoms with Gasteiger partial charge in [0.1, 0.15) is 0 Å². The molecular formula is C37H32F6N4O10S. The summed E-state index contributed by atoms with van der Waals surface area (Å²) in [6, 6.07) is 6.66. The molecular weight excluding hydrogens is 806 g/mol. The second kappa shape index (κ2) is 15.1. The van der Waals surface area contributed by atoms with E-state index in [0.29, 0.717) is 40.1 Å². The molecule has 0 aliphatic carbocycles. The van der Waals surface area contributed by atoms with Crippen LogP contribution in [0.4, 0.5) is 26.3 Å². The molecule has 308 valence electrons. The number of aromatic nitrogens is 1. The lowest BCUT2D eigenvalue weighted by molar-refractivity contribution is -0.432. The highest BCUT2D eigenvalue weighted by Gasteiger charge is 2.76. The number of morpholine rings is 1.